The molecule has 0 bridgehead atoms. The van der Waals surface area contributed by atoms with Crippen molar-refractivity contribution < 1.29 is 8.42 Å². The second-order valence-electron chi connectivity index (χ2n) is 9.68. The van der Waals surface area contributed by atoms with Gasteiger partial charge in [-0.2, -0.15) is 4.98 Å². The number of nitrogens with one attached hydrogen (secondary N) is 2. The second-order valence-corrected chi connectivity index (χ2v) is 12.2. The predicted octanol–water partition coefficient (Wildman–Crippen LogP) is 4.37. The average molecular weight is 548 g/mol. The number of benzene rings is 1. The van der Waals surface area contributed by atoms with Gasteiger partial charge in [-0.3, -0.25) is 4.90 Å². The minimum absolute atomic E-state index is 0.0809. The van der Waals surface area contributed by atoms with Crippen LogP contribution in [0.2, 0.25) is 5.02 Å². The number of halogens is 1. The number of sulfonamides is 1. The highest BCUT2D eigenvalue weighted by atomic mass is 35.5. The summed E-state index contributed by atoms with van der Waals surface area (Å²) in [5, 5.41) is 6.62. The first-order valence-electron chi connectivity index (χ1n) is 12.4. The van der Waals surface area contributed by atoms with Gasteiger partial charge in [0.25, 0.3) is 0 Å². The van der Waals surface area contributed by atoms with Gasteiger partial charge in [0.2, 0.25) is 16.0 Å². The molecular weight excluding hydrogens is 510 g/mol. The number of anilines is 3. The van der Waals surface area contributed by atoms with E-state index in [0.717, 1.165) is 38.4 Å². The molecule has 2 heterocycles. The molecule has 11 heteroatoms. The molecule has 0 amide bonds. The summed E-state index contributed by atoms with van der Waals surface area (Å²) in [6, 6.07) is 8.21. The van der Waals surface area contributed by atoms with Crippen molar-refractivity contribution in [2.45, 2.75) is 27.3 Å². The van der Waals surface area contributed by atoms with Gasteiger partial charge in [-0.25, -0.2) is 17.7 Å². The highest BCUT2D eigenvalue weighted by Gasteiger charge is 2.25. The van der Waals surface area contributed by atoms with Crippen LogP contribution in [0.15, 0.2) is 53.2 Å². The third-order valence-electron chi connectivity index (χ3n) is 6.00. The van der Waals surface area contributed by atoms with Crippen molar-refractivity contribution in [3.05, 3.63) is 63.8 Å². The Labute approximate surface area is 226 Å². The summed E-state index contributed by atoms with van der Waals surface area (Å²) in [5.74, 6) is 0.739. The molecule has 0 aliphatic carbocycles. The lowest BCUT2D eigenvalue weighted by Gasteiger charge is -2.32. The quantitative estimate of drug-likeness (QED) is 0.424. The molecule has 2 N–H and O–H groups in total. The highest BCUT2D eigenvalue weighted by molar-refractivity contribution is 7.93. The largest absolute Gasteiger partial charge is 0.338 e. The average Bonchev–Trinajstić information content (AvgIpc) is 2.83. The van der Waals surface area contributed by atoms with E-state index in [1.807, 2.05) is 32.1 Å². The lowest BCUT2D eigenvalue weighted by Crippen LogP contribution is -2.43. The number of hydrogen-bond acceptors (Lipinski definition) is 8. The predicted molar refractivity (Wildman–Crippen MR) is 152 cm³/mol. The number of piperazine rings is 1. The topological polar surface area (TPSA) is 93.7 Å². The molecule has 202 valence electrons. The molecule has 1 aliphatic heterocycles. The van der Waals surface area contributed by atoms with Gasteiger partial charge < -0.3 is 15.5 Å². The summed E-state index contributed by atoms with van der Waals surface area (Å²) in [4.78, 5) is 13.8. The molecule has 2 aromatic rings. The number of aromatic nitrogens is 2. The molecular formula is C26H38ClN7O2S. The van der Waals surface area contributed by atoms with Crippen LogP contribution in [0.3, 0.4) is 0 Å². The van der Waals surface area contributed by atoms with Crippen LogP contribution in [0.25, 0.3) is 0 Å². The summed E-state index contributed by atoms with van der Waals surface area (Å²) < 4.78 is 27.0. The monoisotopic (exact) mass is 547 g/mol. The van der Waals surface area contributed by atoms with E-state index in [2.05, 4.69) is 49.6 Å². The minimum atomic E-state index is -3.69. The Morgan fingerprint density at radius 1 is 1.16 bits per heavy atom. The summed E-state index contributed by atoms with van der Waals surface area (Å²) in [6.45, 7) is 10.9. The molecule has 3 rings (SSSR count). The number of nitrogens with zero attached hydrogens (tertiary/aromatic N) is 5. The number of allylic oxidation sites excluding steroid dienone is 2. The van der Waals surface area contributed by atoms with Gasteiger partial charge in [0.05, 0.1) is 11.9 Å². The number of hydrogen-bond donors (Lipinski definition) is 2. The molecule has 1 fully saturated rings. The Morgan fingerprint density at radius 2 is 1.81 bits per heavy atom. The lowest BCUT2D eigenvalue weighted by molar-refractivity contribution is 0.148. The van der Waals surface area contributed by atoms with E-state index in [1.54, 1.807) is 13.0 Å². The fourth-order valence-electron chi connectivity index (χ4n) is 3.89. The van der Waals surface area contributed by atoms with Crippen LogP contribution in [0.4, 0.5) is 17.5 Å². The van der Waals surface area contributed by atoms with Crippen LogP contribution < -0.4 is 10.6 Å². The van der Waals surface area contributed by atoms with Gasteiger partial charge in [-0.15, -0.1) is 0 Å². The molecule has 0 unspecified atom stereocenters. The molecule has 1 aromatic heterocycles. The maximum atomic E-state index is 12.9. The Kier molecular flexibility index (Phi) is 10.1. The van der Waals surface area contributed by atoms with E-state index in [1.165, 1.54) is 30.2 Å². The van der Waals surface area contributed by atoms with Gasteiger partial charge >= 0.3 is 0 Å². The molecule has 0 spiro atoms. The van der Waals surface area contributed by atoms with E-state index in [4.69, 9.17) is 11.6 Å². The fourth-order valence-corrected chi connectivity index (χ4v) is 5.11. The van der Waals surface area contributed by atoms with Crippen LogP contribution >= 0.6 is 11.6 Å². The molecule has 1 aromatic carbocycles. The van der Waals surface area contributed by atoms with E-state index >= 15 is 0 Å². The van der Waals surface area contributed by atoms with E-state index < -0.39 is 10.0 Å². The fraction of sp³-hybridized carbons (Fsp3) is 0.462. The smallest absolute Gasteiger partial charge is 0.244 e. The lowest BCUT2D eigenvalue weighted by atomic mass is 10.1. The van der Waals surface area contributed by atoms with Gasteiger partial charge in [-0.1, -0.05) is 49.7 Å². The van der Waals surface area contributed by atoms with Crippen molar-refractivity contribution in [1.29, 1.82) is 0 Å². The second kappa shape index (κ2) is 12.8. The summed E-state index contributed by atoms with van der Waals surface area (Å²) in [5.41, 5.74) is 2.50. The maximum absolute atomic E-state index is 12.9. The van der Waals surface area contributed by atoms with Crippen molar-refractivity contribution in [1.82, 2.24) is 24.1 Å². The number of likely N-dealkylation sites (N-methyl/N-ethyl adjacent to an activating group) is 1. The third-order valence-corrected chi connectivity index (χ3v) is 8.25. The first kappa shape index (κ1) is 29.1. The summed E-state index contributed by atoms with van der Waals surface area (Å²) in [7, 11) is 1.47. The summed E-state index contributed by atoms with van der Waals surface area (Å²) in [6.07, 6.45) is 4.89. The van der Waals surface area contributed by atoms with Gasteiger partial charge in [-0.05, 0) is 37.6 Å². The Balaban J connectivity index is 1.77. The van der Waals surface area contributed by atoms with E-state index in [0.29, 0.717) is 17.5 Å². The molecule has 37 heavy (non-hydrogen) atoms. The van der Waals surface area contributed by atoms with Gasteiger partial charge in [0.1, 0.15) is 9.93 Å². The normalized spacial score (nSPS) is 16.5. The first-order valence-corrected chi connectivity index (χ1v) is 14.2. The Morgan fingerprint density at radius 3 is 2.38 bits per heavy atom. The van der Waals surface area contributed by atoms with Crippen molar-refractivity contribution >= 4 is 39.1 Å². The van der Waals surface area contributed by atoms with E-state index in [9.17, 15) is 8.42 Å². The summed E-state index contributed by atoms with van der Waals surface area (Å²) >= 11 is 6.40. The van der Waals surface area contributed by atoms with Gasteiger partial charge in [0, 0.05) is 52.5 Å². The van der Waals surface area contributed by atoms with Crippen molar-refractivity contribution in [3.63, 3.8) is 0 Å². The zero-order chi connectivity index (χ0) is 27.2. The van der Waals surface area contributed by atoms with E-state index in [-0.39, 0.29) is 15.8 Å². The Bertz CT molecular complexity index is 1220. The van der Waals surface area contributed by atoms with Crippen LogP contribution in [0.5, 0.6) is 0 Å². The highest BCUT2D eigenvalue weighted by Crippen LogP contribution is 2.28. The van der Waals surface area contributed by atoms with Crippen LogP contribution in [-0.2, 0) is 16.6 Å². The van der Waals surface area contributed by atoms with Crippen molar-refractivity contribution in [3.8, 4) is 0 Å². The van der Waals surface area contributed by atoms with Crippen LogP contribution in [-0.4, -0.2) is 79.8 Å². The molecule has 0 atom stereocenters. The molecule has 1 aliphatic rings. The first-order chi connectivity index (χ1) is 17.5. The van der Waals surface area contributed by atoms with Crippen molar-refractivity contribution in [2.24, 2.45) is 5.92 Å². The molecule has 0 saturated carbocycles. The molecule has 1 saturated heterocycles. The van der Waals surface area contributed by atoms with Gasteiger partial charge in [0.15, 0.2) is 5.82 Å². The zero-order valence-corrected chi connectivity index (χ0v) is 24.1. The molecule has 9 nitrogen and oxygen atoms in total. The molecule has 0 radical (unpaired) electrons. The minimum Gasteiger partial charge on any atom is -0.338 e. The van der Waals surface area contributed by atoms with Crippen molar-refractivity contribution in [2.75, 3.05) is 58.0 Å². The maximum Gasteiger partial charge on any atom is 0.244 e. The van der Waals surface area contributed by atoms with Crippen LogP contribution in [0.1, 0.15) is 26.3 Å². The Hall–Kier alpha value is -2.50. The zero-order valence-electron chi connectivity index (χ0n) is 22.5. The SMILES string of the molecule is C/C=C(\C(=C/C(C)C)Nc1nc(Nc2ccc(CN3CCN(C)CC3)cc2)ncc1Cl)S(=O)(=O)N(C)C. The standard InChI is InChI=1S/C26H38ClN7O2S/c1-7-24(37(35,36)32(4)5)23(16-19(2)3)30-25-22(27)17-28-26(31-25)29-21-10-8-20(9-11-21)18-34-14-12-33(6)13-15-34/h7-11,16-17,19H,12-15,18H2,1-6H3,(H2,28,29,30,31)/b23-16+,24-7+. The van der Waals surface area contributed by atoms with Crippen LogP contribution in [0, 0.1) is 5.92 Å². The number of rotatable bonds is 10. The third kappa shape index (κ3) is 7.99.